The summed E-state index contributed by atoms with van der Waals surface area (Å²) in [5.74, 6) is 0.975. The number of hydrogen-bond acceptors (Lipinski definition) is 3. The molecule has 2 unspecified atom stereocenters. The molecule has 0 heterocycles. The van der Waals surface area contributed by atoms with Crippen LogP contribution in [0.5, 0.6) is 5.75 Å². The Labute approximate surface area is 115 Å². The molecule has 1 aromatic rings. The number of rotatable bonds is 3. The molecule has 1 aliphatic carbocycles. The van der Waals surface area contributed by atoms with E-state index in [0.717, 1.165) is 42.6 Å². The minimum Gasteiger partial charge on any atom is -0.497 e. The Hall–Kier alpha value is -1.35. The summed E-state index contributed by atoms with van der Waals surface area (Å²) in [7, 11) is 1.64. The quantitative estimate of drug-likeness (QED) is 0.672. The van der Waals surface area contributed by atoms with Gasteiger partial charge in [-0.15, -0.1) is 0 Å². The summed E-state index contributed by atoms with van der Waals surface area (Å²) in [6, 6.07) is 5.64. The molecule has 3 nitrogen and oxygen atoms in total. The van der Waals surface area contributed by atoms with E-state index in [4.69, 9.17) is 10.5 Å². The lowest BCUT2D eigenvalue weighted by Gasteiger charge is -2.21. The van der Waals surface area contributed by atoms with Crippen LogP contribution in [0.15, 0.2) is 18.2 Å². The molecular formula is C16H23NO2. The summed E-state index contributed by atoms with van der Waals surface area (Å²) in [5, 5.41) is 0. The van der Waals surface area contributed by atoms with Crippen LogP contribution in [0.3, 0.4) is 0 Å². The lowest BCUT2D eigenvalue weighted by molar-refractivity contribution is 0.0894. The maximum Gasteiger partial charge on any atom is 0.167 e. The van der Waals surface area contributed by atoms with Crippen LogP contribution in [0.1, 0.15) is 48.0 Å². The van der Waals surface area contributed by atoms with Gasteiger partial charge in [-0.25, -0.2) is 0 Å². The predicted octanol–water partition coefficient (Wildman–Crippen LogP) is 3.09. The van der Waals surface area contributed by atoms with Gasteiger partial charge in [-0.3, -0.25) is 4.79 Å². The van der Waals surface area contributed by atoms with Gasteiger partial charge in [0.15, 0.2) is 5.78 Å². The number of aryl methyl sites for hydroxylation is 1. The second-order valence-electron chi connectivity index (χ2n) is 5.45. The Bertz CT molecular complexity index is 456. The Balaban J connectivity index is 2.22. The second-order valence-corrected chi connectivity index (χ2v) is 5.45. The molecule has 0 aliphatic heterocycles. The zero-order chi connectivity index (χ0) is 13.8. The SMILES string of the molecule is COc1ccc(C(=O)C2CCCCCC2N)c(C)c1. The van der Waals surface area contributed by atoms with Crippen molar-refractivity contribution in [1.82, 2.24) is 0 Å². The Morgan fingerprint density at radius 1 is 1.26 bits per heavy atom. The first kappa shape index (κ1) is 14.1. The number of nitrogens with two attached hydrogens (primary N) is 1. The van der Waals surface area contributed by atoms with E-state index in [-0.39, 0.29) is 17.7 Å². The third-order valence-corrected chi connectivity index (χ3v) is 4.11. The third-order valence-electron chi connectivity index (χ3n) is 4.11. The van der Waals surface area contributed by atoms with Crippen LogP contribution in [0, 0.1) is 12.8 Å². The summed E-state index contributed by atoms with van der Waals surface area (Å²) in [6.45, 7) is 1.96. The molecule has 1 aliphatic rings. The number of ether oxygens (including phenoxy) is 1. The van der Waals surface area contributed by atoms with Crippen molar-refractivity contribution in [1.29, 1.82) is 0 Å². The summed E-state index contributed by atoms with van der Waals surface area (Å²) in [5.41, 5.74) is 7.95. The fourth-order valence-corrected chi connectivity index (χ4v) is 2.90. The molecule has 3 heteroatoms. The average Bonchev–Trinajstić information content (AvgIpc) is 2.62. The van der Waals surface area contributed by atoms with Crippen molar-refractivity contribution in [2.45, 2.75) is 45.1 Å². The van der Waals surface area contributed by atoms with Gasteiger partial charge >= 0.3 is 0 Å². The minimum atomic E-state index is -0.0189. The number of ketones is 1. The molecule has 0 radical (unpaired) electrons. The molecule has 0 saturated heterocycles. The molecule has 0 spiro atoms. The van der Waals surface area contributed by atoms with E-state index in [0.29, 0.717) is 0 Å². The van der Waals surface area contributed by atoms with Crippen molar-refractivity contribution in [3.05, 3.63) is 29.3 Å². The molecule has 2 rings (SSSR count). The lowest BCUT2D eigenvalue weighted by Crippen LogP contribution is -2.34. The van der Waals surface area contributed by atoms with Gasteiger partial charge in [0.1, 0.15) is 5.75 Å². The van der Waals surface area contributed by atoms with E-state index in [1.807, 2.05) is 25.1 Å². The average molecular weight is 261 g/mol. The van der Waals surface area contributed by atoms with Gasteiger partial charge in [0.25, 0.3) is 0 Å². The van der Waals surface area contributed by atoms with Crippen molar-refractivity contribution >= 4 is 5.78 Å². The van der Waals surface area contributed by atoms with Gasteiger partial charge in [-0.2, -0.15) is 0 Å². The molecular weight excluding hydrogens is 238 g/mol. The van der Waals surface area contributed by atoms with Crippen molar-refractivity contribution in [3.8, 4) is 5.75 Å². The molecule has 2 atom stereocenters. The van der Waals surface area contributed by atoms with E-state index >= 15 is 0 Å². The standard InChI is InChI=1S/C16H23NO2/c1-11-10-12(19-2)8-9-13(11)16(18)14-6-4-3-5-7-15(14)17/h8-10,14-15H,3-7,17H2,1-2H3. The Kier molecular flexibility index (Phi) is 4.59. The number of hydrogen-bond donors (Lipinski definition) is 1. The first-order valence-electron chi connectivity index (χ1n) is 7.08. The molecule has 19 heavy (non-hydrogen) atoms. The molecule has 1 fully saturated rings. The van der Waals surface area contributed by atoms with Crippen LogP contribution in [0.2, 0.25) is 0 Å². The van der Waals surface area contributed by atoms with Gasteiger partial charge in [-0.1, -0.05) is 19.3 Å². The number of carbonyl (C=O) groups is 1. The van der Waals surface area contributed by atoms with Crippen LogP contribution in [-0.2, 0) is 0 Å². The molecule has 0 amide bonds. The zero-order valence-electron chi connectivity index (χ0n) is 11.8. The zero-order valence-corrected chi connectivity index (χ0v) is 11.8. The highest BCUT2D eigenvalue weighted by Crippen LogP contribution is 2.27. The normalized spacial score (nSPS) is 23.7. The summed E-state index contributed by atoms with van der Waals surface area (Å²) in [6.07, 6.45) is 5.34. The number of methoxy groups -OCH3 is 1. The highest BCUT2D eigenvalue weighted by atomic mass is 16.5. The molecule has 1 aromatic carbocycles. The first-order chi connectivity index (χ1) is 9.13. The van der Waals surface area contributed by atoms with Crippen LogP contribution in [0.25, 0.3) is 0 Å². The highest BCUT2D eigenvalue weighted by molar-refractivity contribution is 5.99. The highest BCUT2D eigenvalue weighted by Gasteiger charge is 2.28. The predicted molar refractivity (Wildman–Crippen MR) is 76.6 cm³/mol. The molecule has 104 valence electrons. The van der Waals surface area contributed by atoms with Crippen LogP contribution >= 0.6 is 0 Å². The van der Waals surface area contributed by atoms with Gasteiger partial charge in [0, 0.05) is 17.5 Å². The molecule has 0 bridgehead atoms. The van der Waals surface area contributed by atoms with Crippen molar-refractivity contribution in [2.24, 2.45) is 11.7 Å². The fourth-order valence-electron chi connectivity index (χ4n) is 2.90. The van der Waals surface area contributed by atoms with Gasteiger partial charge < -0.3 is 10.5 Å². The third kappa shape index (κ3) is 3.16. The minimum absolute atomic E-state index is 0.0106. The van der Waals surface area contributed by atoms with Crippen LogP contribution in [0.4, 0.5) is 0 Å². The molecule has 0 aromatic heterocycles. The maximum absolute atomic E-state index is 12.7. The summed E-state index contributed by atoms with van der Waals surface area (Å²) >= 11 is 0. The topological polar surface area (TPSA) is 52.3 Å². The van der Waals surface area contributed by atoms with Crippen molar-refractivity contribution in [3.63, 3.8) is 0 Å². The van der Waals surface area contributed by atoms with E-state index in [9.17, 15) is 4.79 Å². The monoisotopic (exact) mass is 261 g/mol. The number of carbonyl (C=O) groups excluding carboxylic acids is 1. The summed E-state index contributed by atoms with van der Waals surface area (Å²) < 4.78 is 5.18. The lowest BCUT2D eigenvalue weighted by atomic mass is 9.86. The maximum atomic E-state index is 12.7. The fraction of sp³-hybridized carbons (Fsp3) is 0.562. The molecule has 2 N–H and O–H groups in total. The number of Topliss-reactive ketones (excluding diaryl/α,β-unsaturated/α-hetero) is 1. The Morgan fingerprint density at radius 3 is 2.68 bits per heavy atom. The second kappa shape index (κ2) is 6.20. The smallest absolute Gasteiger partial charge is 0.167 e. The van der Waals surface area contributed by atoms with Gasteiger partial charge in [0.05, 0.1) is 7.11 Å². The summed E-state index contributed by atoms with van der Waals surface area (Å²) in [4.78, 5) is 12.7. The van der Waals surface area contributed by atoms with E-state index in [1.54, 1.807) is 7.11 Å². The largest absolute Gasteiger partial charge is 0.497 e. The van der Waals surface area contributed by atoms with E-state index in [1.165, 1.54) is 6.42 Å². The van der Waals surface area contributed by atoms with Crippen molar-refractivity contribution < 1.29 is 9.53 Å². The molecule has 1 saturated carbocycles. The Morgan fingerprint density at radius 2 is 2.00 bits per heavy atom. The van der Waals surface area contributed by atoms with Crippen LogP contribution < -0.4 is 10.5 Å². The van der Waals surface area contributed by atoms with Gasteiger partial charge in [0.2, 0.25) is 0 Å². The number of benzene rings is 1. The van der Waals surface area contributed by atoms with Crippen molar-refractivity contribution in [2.75, 3.05) is 7.11 Å². The van der Waals surface area contributed by atoms with Gasteiger partial charge in [-0.05, 0) is 43.5 Å². The van der Waals surface area contributed by atoms with E-state index < -0.39 is 0 Å². The first-order valence-corrected chi connectivity index (χ1v) is 7.08. The van der Waals surface area contributed by atoms with Crippen LogP contribution in [-0.4, -0.2) is 18.9 Å². The van der Waals surface area contributed by atoms with E-state index in [2.05, 4.69) is 0 Å².